The van der Waals surface area contributed by atoms with Crippen LogP contribution in [0.3, 0.4) is 0 Å². The van der Waals surface area contributed by atoms with E-state index < -0.39 is 0 Å². The lowest BCUT2D eigenvalue weighted by Crippen LogP contribution is -2.37. The quantitative estimate of drug-likeness (QED) is 0.674. The number of thiophene rings is 1. The van der Waals surface area contributed by atoms with Gasteiger partial charge < -0.3 is 20.0 Å². The van der Waals surface area contributed by atoms with E-state index in [0.29, 0.717) is 17.0 Å². The SMILES string of the molecule is Cc1cc(N2CC(NC(=O)c3ccc(Br)s3)CC2=O)ccc1C(=O)N1CCCN(C)CC1. The Morgan fingerprint density at radius 3 is 2.66 bits per heavy atom. The zero-order chi connectivity index (χ0) is 22.8. The molecule has 0 aliphatic carbocycles. The zero-order valence-electron chi connectivity index (χ0n) is 18.3. The fourth-order valence-electron chi connectivity index (χ4n) is 4.22. The summed E-state index contributed by atoms with van der Waals surface area (Å²) in [7, 11) is 2.08. The number of hydrogen-bond donors (Lipinski definition) is 1. The Bertz CT molecular complexity index is 1040. The lowest BCUT2D eigenvalue weighted by Gasteiger charge is -2.23. The Labute approximate surface area is 200 Å². The van der Waals surface area contributed by atoms with Crippen molar-refractivity contribution in [3.8, 4) is 0 Å². The van der Waals surface area contributed by atoms with E-state index in [1.807, 2.05) is 36.1 Å². The van der Waals surface area contributed by atoms with Gasteiger partial charge in [-0.25, -0.2) is 0 Å². The smallest absolute Gasteiger partial charge is 0.261 e. The Morgan fingerprint density at radius 1 is 1.12 bits per heavy atom. The molecule has 0 saturated carbocycles. The molecule has 1 unspecified atom stereocenters. The summed E-state index contributed by atoms with van der Waals surface area (Å²) in [5, 5.41) is 2.96. The van der Waals surface area contributed by atoms with Crippen LogP contribution in [0.1, 0.15) is 38.4 Å². The summed E-state index contributed by atoms with van der Waals surface area (Å²) in [6.45, 7) is 5.69. The van der Waals surface area contributed by atoms with Crippen molar-refractivity contribution in [1.29, 1.82) is 0 Å². The first-order valence-corrected chi connectivity index (χ1v) is 12.4. The fraction of sp³-hybridized carbons (Fsp3) is 0.435. The van der Waals surface area contributed by atoms with Crippen LogP contribution in [0, 0.1) is 6.92 Å². The van der Waals surface area contributed by atoms with Crippen molar-refractivity contribution >= 4 is 50.7 Å². The van der Waals surface area contributed by atoms with Gasteiger partial charge in [-0.3, -0.25) is 14.4 Å². The zero-order valence-corrected chi connectivity index (χ0v) is 20.7. The lowest BCUT2D eigenvalue weighted by molar-refractivity contribution is -0.117. The molecule has 2 aliphatic rings. The molecule has 0 spiro atoms. The Morgan fingerprint density at radius 2 is 1.94 bits per heavy atom. The highest BCUT2D eigenvalue weighted by Crippen LogP contribution is 2.26. The molecule has 3 amide bonds. The van der Waals surface area contributed by atoms with E-state index in [2.05, 4.69) is 33.2 Å². The number of rotatable bonds is 4. The summed E-state index contributed by atoms with van der Waals surface area (Å²) in [6.07, 6.45) is 1.23. The van der Waals surface area contributed by atoms with Gasteiger partial charge in [0.05, 0.1) is 14.7 Å². The maximum Gasteiger partial charge on any atom is 0.261 e. The topological polar surface area (TPSA) is 73.0 Å². The largest absolute Gasteiger partial charge is 0.346 e. The predicted molar refractivity (Wildman–Crippen MR) is 129 cm³/mol. The number of amides is 3. The second-order valence-electron chi connectivity index (χ2n) is 8.43. The molecular formula is C23H27BrN4O3S. The van der Waals surface area contributed by atoms with E-state index in [9.17, 15) is 14.4 Å². The molecule has 2 aromatic rings. The van der Waals surface area contributed by atoms with Crippen LogP contribution in [0.25, 0.3) is 0 Å². The average molecular weight is 519 g/mol. The highest BCUT2D eigenvalue weighted by molar-refractivity contribution is 9.11. The maximum atomic E-state index is 13.1. The number of carbonyl (C=O) groups is 3. The summed E-state index contributed by atoms with van der Waals surface area (Å²) >= 11 is 4.73. The van der Waals surface area contributed by atoms with E-state index in [4.69, 9.17) is 0 Å². The molecule has 9 heteroatoms. The number of halogens is 1. The molecule has 1 aromatic carbocycles. The van der Waals surface area contributed by atoms with Crippen LogP contribution in [0.5, 0.6) is 0 Å². The van der Waals surface area contributed by atoms with Crippen LogP contribution < -0.4 is 10.2 Å². The monoisotopic (exact) mass is 518 g/mol. The van der Waals surface area contributed by atoms with Gasteiger partial charge in [-0.15, -0.1) is 11.3 Å². The molecule has 1 aromatic heterocycles. The number of benzene rings is 1. The van der Waals surface area contributed by atoms with Gasteiger partial charge in [0.15, 0.2) is 0 Å². The normalized spacial score (nSPS) is 19.8. The highest BCUT2D eigenvalue weighted by atomic mass is 79.9. The molecule has 170 valence electrons. The Balaban J connectivity index is 1.42. The van der Waals surface area contributed by atoms with E-state index in [0.717, 1.165) is 47.6 Å². The molecule has 0 radical (unpaired) electrons. The van der Waals surface area contributed by atoms with Crippen LogP contribution in [-0.4, -0.2) is 73.3 Å². The molecule has 2 saturated heterocycles. The van der Waals surface area contributed by atoms with Crippen molar-refractivity contribution in [1.82, 2.24) is 15.1 Å². The number of anilines is 1. The average Bonchev–Trinajstić information content (AvgIpc) is 3.28. The van der Waals surface area contributed by atoms with Gasteiger partial charge in [-0.1, -0.05) is 0 Å². The Hall–Kier alpha value is -2.23. The number of nitrogens with zero attached hydrogens (tertiary/aromatic N) is 3. The standard InChI is InChI=1S/C23H27BrN4O3S/c1-15-12-17(4-5-18(15)23(31)27-9-3-8-26(2)10-11-27)28-14-16(13-21(28)29)25-22(30)19-6-7-20(24)32-19/h4-7,12,16H,3,8-11,13-14H2,1-2H3,(H,25,30). The first kappa shape index (κ1) is 22.9. The molecular weight excluding hydrogens is 492 g/mol. The molecule has 1 N–H and O–H groups in total. The second kappa shape index (κ2) is 9.72. The summed E-state index contributed by atoms with van der Waals surface area (Å²) in [5.41, 5.74) is 2.29. The number of likely N-dealkylation sites (N-methyl/N-ethyl adjacent to an activating group) is 1. The third-order valence-corrected chi connectivity index (χ3v) is 7.64. The van der Waals surface area contributed by atoms with Gasteiger partial charge in [0.25, 0.3) is 11.8 Å². The number of hydrogen-bond acceptors (Lipinski definition) is 5. The molecule has 2 fully saturated rings. The van der Waals surface area contributed by atoms with Crippen LogP contribution in [0.15, 0.2) is 34.1 Å². The van der Waals surface area contributed by atoms with Crippen LogP contribution in [-0.2, 0) is 4.79 Å². The first-order chi connectivity index (χ1) is 15.3. The highest BCUT2D eigenvalue weighted by Gasteiger charge is 2.32. The third-order valence-electron chi connectivity index (χ3n) is 6.02. The summed E-state index contributed by atoms with van der Waals surface area (Å²) in [6, 6.07) is 8.91. The molecule has 0 bridgehead atoms. The van der Waals surface area contributed by atoms with Gasteiger partial charge in [0.2, 0.25) is 5.91 Å². The van der Waals surface area contributed by atoms with Crippen molar-refractivity contribution in [2.45, 2.75) is 25.8 Å². The Kier molecular flexibility index (Phi) is 6.97. The molecule has 2 aliphatic heterocycles. The first-order valence-electron chi connectivity index (χ1n) is 10.8. The van der Waals surface area contributed by atoms with Crippen molar-refractivity contribution in [2.24, 2.45) is 0 Å². The lowest BCUT2D eigenvalue weighted by atomic mass is 10.1. The number of nitrogens with one attached hydrogen (secondary N) is 1. The third kappa shape index (κ3) is 5.05. The molecule has 1 atom stereocenters. The van der Waals surface area contributed by atoms with Crippen LogP contribution in [0.2, 0.25) is 0 Å². The van der Waals surface area contributed by atoms with Crippen LogP contribution >= 0.6 is 27.3 Å². The van der Waals surface area contributed by atoms with Crippen molar-refractivity contribution < 1.29 is 14.4 Å². The summed E-state index contributed by atoms with van der Waals surface area (Å²) in [5.74, 6) is -0.151. The predicted octanol–water partition coefficient (Wildman–Crippen LogP) is 3.13. The van der Waals surface area contributed by atoms with Crippen molar-refractivity contribution in [2.75, 3.05) is 44.7 Å². The minimum absolute atomic E-state index is 0.0308. The van der Waals surface area contributed by atoms with E-state index in [1.54, 1.807) is 11.0 Å². The summed E-state index contributed by atoms with van der Waals surface area (Å²) in [4.78, 5) is 44.6. The molecule has 32 heavy (non-hydrogen) atoms. The maximum absolute atomic E-state index is 13.1. The summed E-state index contributed by atoms with van der Waals surface area (Å²) < 4.78 is 0.893. The van der Waals surface area contributed by atoms with Gasteiger partial charge in [0.1, 0.15) is 0 Å². The molecule has 7 nitrogen and oxygen atoms in total. The van der Waals surface area contributed by atoms with Gasteiger partial charge >= 0.3 is 0 Å². The van der Waals surface area contributed by atoms with Gasteiger partial charge in [-0.2, -0.15) is 0 Å². The molecule has 4 rings (SSSR count). The van der Waals surface area contributed by atoms with Crippen molar-refractivity contribution in [3.63, 3.8) is 0 Å². The van der Waals surface area contributed by atoms with E-state index in [1.165, 1.54) is 11.3 Å². The van der Waals surface area contributed by atoms with Crippen molar-refractivity contribution in [3.05, 3.63) is 50.1 Å². The van der Waals surface area contributed by atoms with Gasteiger partial charge in [-0.05, 0) is 78.8 Å². The minimum Gasteiger partial charge on any atom is -0.346 e. The molecule has 3 heterocycles. The fourth-order valence-corrected chi connectivity index (χ4v) is 5.51. The van der Waals surface area contributed by atoms with E-state index in [-0.39, 0.29) is 30.2 Å². The second-order valence-corrected chi connectivity index (χ2v) is 10.9. The minimum atomic E-state index is -0.244. The van der Waals surface area contributed by atoms with E-state index >= 15 is 0 Å². The van der Waals surface area contributed by atoms with Gasteiger partial charge in [0, 0.05) is 43.9 Å². The number of aryl methyl sites for hydroxylation is 1. The van der Waals surface area contributed by atoms with Crippen LogP contribution in [0.4, 0.5) is 5.69 Å². The number of carbonyl (C=O) groups excluding carboxylic acids is 3.